The van der Waals surface area contributed by atoms with Gasteiger partial charge in [-0.05, 0) is 48.2 Å². The molecule has 1 unspecified atom stereocenters. The van der Waals surface area contributed by atoms with Crippen molar-refractivity contribution in [3.63, 3.8) is 0 Å². The molecule has 1 atom stereocenters. The number of rotatable bonds is 5. The first-order valence-electron chi connectivity index (χ1n) is 9.34. The zero-order chi connectivity index (χ0) is 19.7. The van der Waals surface area contributed by atoms with E-state index in [1.807, 2.05) is 36.4 Å². The van der Waals surface area contributed by atoms with Gasteiger partial charge in [0.15, 0.2) is 17.3 Å². The van der Waals surface area contributed by atoms with Crippen molar-refractivity contribution < 1.29 is 14.3 Å². The third kappa shape index (κ3) is 4.14. The fraction of sp³-hybridized carbons (Fsp3) is 0.333. The average molecular weight is 444 g/mol. The smallest absolute Gasteiger partial charge is 0.230 e. The molecule has 1 aromatic heterocycles. The molecule has 2 heterocycles. The van der Waals surface area contributed by atoms with Gasteiger partial charge in [-0.2, -0.15) is 5.10 Å². The first-order valence-corrected chi connectivity index (χ1v) is 10.1. The highest BCUT2D eigenvalue weighted by Gasteiger charge is 2.22. The van der Waals surface area contributed by atoms with E-state index in [1.54, 1.807) is 0 Å². The molecule has 6 nitrogen and oxygen atoms in total. The Morgan fingerprint density at radius 1 is 1.29 bits per heavy atom. The number of benzene rings is 2. The maximum Gasteiger partial charge on any atom is 0.230 e. The van der Waals surface area contributed by atoms with Gasteiger partial charge in [-0.1, -0.05) is 35.8 Å². The predicted molar refractivity (Wildman–Crippen MR) is 112 cm³/mol. The van der Waals surface area contributed by atoms with Gasteiger partial charge in [0, 0.05) is 9.86 Å². The van der Waals surface area contributed by atoms with E-state index in [0.717, 1.165) is 33.1 Å². The molecule has 1 aliphatic rings. The van der Waals surface area contributed by atoms with E-state index in [0.29, 0.717) is 24.1 Å². The summed E-state index contributed by atoms with van der Waals surface area (Å²) in [5, 5.41) is 10.9. The van der Waals surface area contributed by atoms with Crippen LogP contribution in [0.25, 0.3) is 10.9 Å². The van der Waals surface area contributed by atoms with Crippen LogP contribution in [-0.4, -0.2) is 28.8 Å². The number of hydrogen-bond acceptors (Lipinski definition) is 4. The number of aromatic amines is 1. The Morgan fingerprint density at radius 3 is 2.96 bits per heavy atom. The molecule has 0 fully saturated rings. The molecule has 1 aliphatic heterocycles. The van der Waals surface area contributed by atoms with Crippen molar-refractivity contribution in [2.24, 2.45) is 5.92 Å². The Hall–Kier alpha value is -2.54. The van der Waals surface area contributed by atoms with Gasteiger partial charge < -0.3 is 14.8 Å². The van der Waals surface area contributed by atoms with E-state index in [-0.39, 0.29) is 18.4 Å². The molecule has 0 bridgehead atoms. The number of halogens is 1. The summed E-state index contributed by atoms with van der Waals surface area (Å²) in [5.74, 6) is 2.38. The van der Waals surface area contributed by atoms with Gasteiger partial charge in [0.1, 0.15) is 12.7 Å². The standard InChI is InChI=1S/C21H22BrN3O3/c1-12(2)7-15-11-27-19-8-13(3-6-18(19)28-15)9-20(26)23-21-16-5-4-14(22)10-17(16)24-25-21/h3-6,8,10,12,15H,7,9,11H2,1-2H3,(H2,23,24,25,26). The van der Waals surface area contributed by atoms with Crippen molar-refractivity contribution in [1.29, 1.82) is 0 Å². The quantitative estimate of drug-likeness (QED) is 0.599. The van der Waals surface area contributed by atoms with Gasteiger partial charge in [0.2, 0.25) is 5.91 Å². The summed E-state index contributed by atoms with van der Waals surface area (Å²) in [4.78, 5) is 12.5. The molecule has 0 aliphatic carbocycles. The number of amides is 1. The van der Waals surface area contributed by atoms with Gasteiger partial charge in [0.05, 0.1) is 11.9 Å². The maximum atomic E-state index is 12.5. The van der Waals surface area contributed by atoms with Crippen LogP contribution in [0.3, 0.4) is 0 Å². The predicted octanol–water partition coefficient (Wildman–Crippen LogP) is 4.69. The number of fused-ring (bicyclic) bond motifs is 2. The second-order valence-electron chi connectivity index (χ2n) is 7.45. The highest BCUT2D eigenvalue weighted by molar-refractivity contribution is 9.10. The van der Waals surface area contributed by atoms with Crippen LogP contribution in [0.15, 0.2) is 40.9 Å². The normalized spacial score (nSPS) is 15.8. The number of ether oxygens (including phenoxy) is 2. The molecule has 3 aromatic rings. The number of anilines is 1. The molecule has 0 saturated carbocycles. The number of aromatic nitrogens is 2. The second-order valence-corrected chi connectivity index (χ2v) is 8.36. The molecule has 28 heavy (non-hydrogen) atoms. The minimum absolute atomic E-state index is 0.0784. The molecule has 0 spiro atoms. The van der Waals surface area contributed by atoms with Crippen LogP contribution >= 0.6 is 15.9 Å². The highest BCUT2D eigenvalue weighted by atomic mass is 79.9. The minimum Gasteiger partial charge on any atom is -0.486 e. The summed E-state index contributed by atoms with van der Waals surface area (Å²) in [7, 11) is 0. The number of H-pyrrole nitrogens is 1. The monoisotopic (exact) mass is 443 g/mol. The fourth-order valence-electron chi connectivity index (χ4n) is 3.36. The molecular formula is C21H22BrN3O3. The molecule has 2 N–H and O–H groups in total. The Kier molecular flexibility index (Phi) is 5.26. The number of hydrogen-bond donors (Lipinski definition) is 2. The summed E-state index contributed by atoms with van der Waals surface area (Å²) in [6.07, 6.45) is 1.27. The fourth-order valence-corrected chi connectivity index (χ4v) is 3.72. The summed E-state index contributed by atoms with van der Waals surface area (Å²) >= 11 is 3.42. The number of carbonyl (C=O) groups excluding carboxylic acids is 1. The lowest BCUT2D eigenvalue weighted by atomic mass is 10.1. The largest absolute Gasteiger partial charge is 0.486 e. The molecule has 1 amide bonds. The molecule has 7 heteroatoms. The van der Waals surface area contributed by atoms with Crippen LogP contribution in [-0.2, 0) is 11.2 Å². The third-order valence-corrected chi connectivity index (χ3v) is 5.10. The Bertz CT molecular complexity index is 1020. The molecule has 0 radical (unpaired) electrons. The van der Waals surface area contributed by atoms with Crippen LogP contribution in [0.4, 0.5) is 5.82 Å². The highest BCUT2D eigenvalue weighted by Crippen LogP contribution is 2.34. The van der Waals surface area contributed by atoms with E-state index in [9.17, 15) is 4.79 Å². The first kappa shape index (κ1) is 18.8. The van der Waals surface area contributed by atoms with Gasteiger partial charge in [0.25, 0.3) is 0 Å². The Morgan fingerprint density at radius 2 is 2.14 bits per heavy atom. The SMILES string of the molecule is CC(C)CC1COc2cc(CC(=O)Nc3n[nH]c4cc(Br)ccc34)ccc2O1. The molecule has 2 aromatic carbocycles. The number of carbonyl (C=O) groups is 1. The summed E-state index contributed by atoms with van der Waals surface area (Å²) in [6, 6.07) is 11.4. The van der Waals surface area contributed by atoms with Crippen LogP contribution in [0.2, 0.25) is 0 Å². The third-order valence-electron chi connectivity index (χ3n) is 4.61. The van der Waals surface area contributed by atoms with E-state index >= 15 is 0 Å². The van der Waals surface area contributed by atoms with Crippen LogP contribution in [0.5, 0.6) is 11.5 Å². The van der Waals surface area contributed by atoms with Crippen molar-refractivity contribution in [1.82, 2.24) is 10.2 Å². The Balaban J connectivity index is 1.42. The molecule has 146 valence electrons. The van der Waals surface area contributed by atoms with Gasteiger partial charge >= 0.3 is 0 Å². The molecule has 0 saturated heterocycles. The van der Waals surface area contributed by atoms with E-state index in [1.165, 1.54) is 0 Å². The first-order chi connectivity index (χ1) is 13.5. The van der Waals surface area contributed by atoms with E-state index in [2.05, 4.69) is 45.3 Å². The maximum absolute atomic E-state index is 12.5. The van der Waals surface area contributed by atoms with Gasteiger partial charge in [-0.25, -0.2) is 0 Å². The lowest BCUT2D eigenvalue weighted by Gasteiger charge is -2.27. The number of nitrogens with one attached hydrogen (secondary N) is 2. The average Bonchev–Trinajstić information content (AvgIpc) is 3.03. The Labute approximate surface area is 171 Å². The van der Waals surface area contributed by atoms with E-state index < -0.39 is 0 Å². The van der Waals surface area contributed by atoms with Crippen molar-refractivity contribution in [3.8, 4) is 11.5 Å². The van der Waals surface area contributed by atoms with Crippen LogP contribution < -0.4 is 14.8 Å². The summed E-state index contributed by atoms with van der Waals surface area (Å²) in [6.45, 7) is 4.87. The topological polar surface area (TPSA) is 76.2 Å². The lowest BCUT2D eigenvalue weighted by molar-refractivity contribution is -0.115. The summed E-state index contributed by atoms with van der Waals surface area (Å²) in [5.41, 5.74) is 1.73. The molecular weight excluding hydrogens is 422 g/mol. The van der Waals surface area contributed by atoms with Crippen molar-refractivity contribution in [2.75, 3.05) is 11.9 Å². The lowest BCUT2D eigenvalue weighted by Crippen LogP contribution is -2.30. The number of nitrogens with zero attached hydrogens (tertiary/aromatic N) is 1. The van der Waals surface area contributed by atoms with E-state index in [4.69, 9.17) is 9.47 Å². The van der Waals surface area contributed by atoms with Gasteiger partial charge in [-0.15, -0.1) is 0 Å². The minimum atomic E-state index is -0.134. The summed E-state index contributed by atoms with van der Waals surface area (Å²) < 4.78 is 12.8. The second kappa shape index (κ2) is 7.83. The van der Waals surface area contributed by atoms with Crippen LogP contribution in [0, 0.1) is 5.92 Å². The molecule has 4 rings (SSSR count). The zero-order valence-corrected chi connectivity index (χ0v) is 17.4. The zero-order valence-electron chi connectivity index (χ0n) is 15.8. The van der Waals surface area contributed by atoms with Gasteiger partial charge in [-0.3, -0.25) is 9.89 Å². The van der Waals surface area contributed by atoms with Crippen molar-refractivity contribution in [2.45, 2.75) is 32.8 Å². The van der Waals surface area contributed by atoms with Crippen molar-refractivity contribution >= 4 is 38.6 Å². The van der Waals surface area contributed by atoms with Crippen LogP contribution in [0.1, 0.15) is 25.8 Å². The van der Waals surface area contributed by atoms with Crippen molar-refractivity contribution in [3.05, 3.63) is 46.4 Å².